The number of hydrogen-bond donors (Lipinski definition) is 1. The van der Waals surface area contributed by atoms with Crippen LogP contribution in [0.3, 0.4) is 0 Å². The standard InChI is InChI=1S/C17H23N/c1-11-7-12(2)9-14(8-11)17-5-3-13-10-15(18)4-6-16(13)17/h4,6,10-12H,3,5,7-9,18H2,1-2H3. The fraction of sp³-hybridized carbons (Fsp3) is 0.529. The smallest absolute Gasteiger partial charge is 0.0317 e. The number of benzene rings is 1. The van der Waals surface area contributed by atoms with Gasteiger partial charge in [-0.2, -0.15) is 0 Å². The van der Waals surface area contributed by atoms with Crippen LogP contribution in [0.25, 0.3) is 5.57 Å². The Kier molecular flexibility index (Phi) is 2.93. The number of anilines is 1. The first-order valence-corrected chi connectivity index (χ1v) is 7.23. The maximum atomic E-state index is 5.88. The van der Waals surface area contributed by atoms with Crippen molar-refractivity contribution in [3.05, 3.63) is 34.9 Å². The van der Waals surface area contributed by atoms with Crippen LogP contribution >= 0.6 is 0 Å². The van der Waals surface area contributed by atoms with Crippen molar-refractivity contribution in [2.75, 3.05) is 5.73 Å². The SMILES string of the molecule is CC1CC(=C2CCc3cc(N)ccc32)CC(C)C1. The van der Waals surface area contributed by atoms with Crippen molar-refractivity contribution in [1.29, 1.82) is 0 Å². The zero-order chi connectivity index (χ0) is 12.7. The Morgan fingerprint density at radius 2 is 1.78 bits per heavy atom. The molecule has 2 atom stereocenters. The molecule has 2 N–H and O–H groups in total. The van der Waals surface area contributed by atoms with Crippen molar-refractivity contribution in [1.82, 2.24) is 0 Å². The summed E-state index contributed by atoms with van der Waals surface area (Å²) in [6.07, 6.45) is 6.42. The van der Waals surface area contributed by atoms with Crippen LogP contribution in [-0.2, 0) is 6.42 Å². The molecule has 2 aliphatic carbocycles. The summed E-state index contributed by atoms with van der Waals surface area (Å²) in [6, 6.07) is 6.46. The first kappa shape index (κ1) is 11.8. The van der Waals surface area contributed by atoms with Gasteiger partial charge < -0.3 is 5.73 Å². The molecule has 0 heterocycles. The average Bonchev–Trinajstić information content (AvgIpc) is 2.70. The van der Waals surface area contributed by atoms with Crippen LogP contribution in [0.15, 0.2) is 23.8 Å². The van der Waals surface area contributed by atoms with Gasteiger partial charge in [-0.1, -0.05) is 25.5 Å². The molecule has 1 fully saturated rings. The van der Waals surface area contributed by atoms with E-state index in [0.717, 1.165) is 17.5 Å². The fourth-order valence-corrected chi connectivity index (χ4v) is 3.90. The van der Waals surface area contributed by atoms with Gasteiger partial charge in [-0.3, -0.25) is 0 Å². The highest BCUT2D eigenvalue weighted by Crippen LogP contribution is 2.42. The molecule has 0 aromatic heterocycles. The third-order valence-electron chi connectivity index (χ3n) is 4.52. The maximum Gasteiger partial charge on any atom is 0.0317 e. The Morgan fingerprint density at radius 3 is 2.50 bits per heavy atom. The number of nitrogens with two attached hydrogens (primary N) is 1. The van der Waals surface area contributed by atoms with Gasteiger partial charge in [0.15, 0.2) is 0 Å². The number of allylic oxidation sites excluding steroid dienone is 2. The quantitative estimate of drug-likeness (QED) is 0.668. The molecule has 96 valence electrons. The molecule has 0 spiro atoms. The van der Waals surface area contributed by atoms with Crippen LogP contribution in [0.4, 0.5) is 5.69 Å². The number of fused-ring (bicyclic) bond motifs is 1. The van der Waals surface area contributed by atoms with E-state index in [0.29, 0.717) is 0 Å². The summed E-state index contributed by atoms with van der Waals surface area (Å²) in [5, 5.41) is 0. The van der Waals surface area contributed by atoms with E-state index in [1.165, 1.54) is 43.2 Å². The Labute approximate surface area is 110 Å². The van der Waals surface area contributed by atoms with Crippen LogP contribution in [0.1, 0.15) is 50.7 Å². The van der Waals surface area contributed by atoms with Crippen LogP contribution < -0.4 is 5.73 Å². The second-order valence-electron chi connectivity index (χ2n) is 6.35. The number of nitrogen functional groups attached to an aromatic ring is 1. The van der Waals surface area contributed by atoms with Gasteiger partial charge in [0.1, 0.15) is 0 Å². The third kappa shape index (κ3) is 2.07. The summed E-state index contributed by atoms with van der Waals surface area (Å²) >= 11 is 0. The van der Waals surface area contributed by atoms with E-state index in [1.54, 1.807) is 11.1 Å². The Bertz CT molecular complexity index is 486. The summed E-state index contributed by atoms with van der Waals surface area (Å²) < 4.78 is 0. The predicted octanol–water partition coefficient (Wildman–Crippen LogP) is 4.42. The van der Waals surface area contributed by atoms with Gasteiger partial charge in [0.2, 0.25) is 0 Å². The second kappa shape index (κ2) is 4.46. The molecule has 0 bridgehead atoms. The minimum atomic E-state index is 0.856. The number of aryl methyl sites for hydroxylation is 1. The van der Waals surface area contributed by atoms with Crippen LogP contribution in [0.2, 0.25) is 0 Å². The largest absolute Gasteiger partial charge is 0.399 e. The molecule has 1 nitrogen and oxygen atoms in total. The van der Waals surface area contributed by atoms with Gasteiger partial charge >= 0.3 is 0 Å². The molecule has 0 aliphatic heterocycles. The summed E-state index contributed by atoms with van der Waals surface area (Å²) in [6.45, 7) is 4.80. The Balaban J connectivity index is 1.99. The van der Waals surface area contributed by atoms with Crippen molar-refractivity contribution in [2.24, 2.45) is 11.8 Å². The van der Waals surface area contributed by atoms with Gasteiger partial charge in [0.25, 0.3) is 0 Å². The van der Waals surface area contributed by atoms with E-state index in [2.05, 4.69) is 32.0 Å². The van der Waals surface area contributed by atoms with E-state index in [9.17, 15) is 0 Å². The molecule has 0 saturated heterocycles. The minimum absolute atomic E-state index is 0.856. The predicted molar refractivity (Wildman–Crippen MR) is 78.3 cm³/mol. The highest BCUT2D eigenvalue weighted by atomic mass is 14.5. The first-order valence-electron chi connectivity index (χ1n) is 7.23. The first-order chi connectivity index (χ1) is 8.63. The summed E-state index contributed by atoms with van der Waals surface area (Å²) in [5.41, 5.74) is 13.1. The molecule has 0 amide bonds. The summed E-state index contributed by atoms with van der Waals surface area (Å²) in [7, 11) is 0. The van der Waals surface area contributed by atoms with E-state index in [4.69, 9.17) is 5.73 Å². The molecule has 0 radical (unpaired) electrons. The molecule has 2 unspecified atom stereocenters. The molecule has 1 saturated carbocycles. The van der Waals surface area contributed by atoms with Crippen molar-refractivity contribution in [3.63, 3.8) is 0 Å². The molecular weight excluding hydrogens is 218 g/mol. The third-order valence-corrected chi connectivity index (χ3v) is 4.52. The Hall–Kier alpha value is -1.24. The van der Waals surface area contributed by atoms with Crippen molar-refractivity contribution in [2.45, 2.75) is 46.0 Å². The van der Waals surface area contributed by atoms with Gasteiger partial charge in [-0.25, -0.2) is 0 Å². The zero-order valence-corrected chi connectivity index (χ0v) is 11.5. The molecule has 1 aromatic rings. The maximum absolute atomic E-state index is 5.88. The lowest BCUT2D eigenvalue weighted by Gasteiger charge is -2.28. The number of hydrogen-bond acceptors (Lipinski definition) is 1. The lowest BCUT2D eigenvalue weighted by molar-refractivity contribution is 0.359. The lowest BCUT2D eigenvalue weighted by Crippen LogP contribution is -2.13. The molecule has 1 heteroatoms. The van der Waals surface area contributed by atoms with Crippen LogP contribution in [0, 0.1) is 11.8 Å². The monoisotopic (exact) mass is 241 g/mol. The van der Waals surface area contributed by atoms with Gasteiger partial charge in [-0.05, 0) is 72.8 Å². The van der Waals surface area contributed by atoms with Crippen molar-refractivity contribution >= 4 is 11.3 Å². The van der Waals surface area contributed by atoms with E-state index in [1.807, 2.05) is 0 Å². The fourth-order valence-electron chi connectivity index (χ4n) is 3.90. The van der Waals surface area contributed by atoms with Crippen LogP contribution in [-0.4, -0.2) is 0 Å². The topological polar surface area (TPSA) is 26.0 Å². The molecule has 1 aromatic carbocycles. The highest BCUT2D eigenvalue weighted by molar-refractivity contribution is 5.76. The van der Waals surface area contributed by atoms with E-state index in [-0.39, 0.29) is 0 Å². The minimum Gasteiger partial charge on any atom is -0.399 e. The summed E-state index contributed by atoms with van der Waals surface area (Å²) in [4.78, 5) is 0. The van der Waals surface area contributed by atoms with E-state index >= 15 is 0 Å². The molecule has 18 heavy (non-hydrogen) atoms. The van der Waals surface area contributed by atoms with Crippen molar-refractivity contribution < 1.29 is 0 Å². The highest BCUT2D eigenvalue weighted by Gasteiger charge is 2.25. The van der Waals surface area contributed by atoms with Gasteiger partial charge in [0, 0.05) is 5.69 Å². The normalized spacial score (nSPS) is 27.4. The number of rotatable bonds is 0. The van der Waals surface area contributed by atoms with Crippen molar-refractivity contribution in [3.8, 4) is 0 Å². The lowest BCUT2D eigenvalue weighted by atomic mass is 9.78. The van der Waals surface area contributed by atoms with Crippen LogP contribution in [0.5, 0.6) is 0 Å². The second-order valence-corrected chi connectivity index (χ2v) is 6.35. The van der Waals surface area contributed by atoms with Gasteiger partial charge in [0.05, 0.1) is 0 Å². The molecule has 3 rings (SSSR count). The summed E-state index contributed by atoms with van der Waals surface area (Å²) in [5.74, 6) is 1.71. The molecule has 2 aliphatic rings. The zero-order valence-electron chi connectivity index (χ0n) is 11.5. The van der Waals surface area contributed by atoms with E-state index < -0.39 is 0 Å². The molecular formula is C17H23N. The average molecular weight is 241 g/mol. The van der Waals surface area contributed by atoms with Gasteiger partial charge in [-0.15, -0.1) is 0 Å². The Morgan fingerprint density at radius 1 is 1.06 bits per heavy atom.